The van der Waals surface area contributed by atoms with Crippen molar-refractivity contribution in [2.75, 3.05) is 32.7 Å². The smallest absolute Gasteiger partial charge is 0.227 e. The fraction of sp³-hybridized carbons (Fsp3) is 0.933. The van der Waals surface area contributed by atoms with Crippen molar-refractivity contribution < 1.29 is 4.79 Å². The van der Waals surface area contributed by atoms with Crippen LogP contribution in [-0.4, -0.2) is 54.5 Å². The summed E-state index contributed by atoms with van der Waals surface area (Å²) >= 11 is 0. The molecule has 0 aromatic heterocycles. The molecule has 0 aromatic rings. The first-order valence-electron chi connectivity index (χ1n) is 7.90. The van der Waals surface area contributed by atoms with E-state index in [-0.39, 0.29) is 12.0 Å². The summed E-state index contributed by atoms with van der Waals surface area (Å²) in [6, 6.07) is 0.0740. The van der Waals surface area contributed by atoms with E-state index < -0.39 is 0 Å². The van der Waals surface area contributed by atoms with E-state index in [1.807, 2.05) is 0 Å². The Morgan fingerprint density at radius 1 is 1.21 bits per heavy atom. The van der Waals surface area contributed by atoms with E-state index in [2.05, 4.69) is 23.6 Å². The van der Waals surface area contributed by atoms with E-state index in [0.29, 0.717) is 11.8 Å². The molecule has 0 aromatic carbocycles. The Labute approximate surface area is 117 Å². The lowest BCUT2D eigenvalue weighted by Gasteiger charge is -2.40. The van der Waals surface area contributed by atoms with Crippen LogP contribution in [0.1, 0.15) is 39.5 Å². The Bertz CT molecular complexity index is 290. The van der Waals surface area contributed by atoms with Gasteiger partial charge in [-0.05, 0) is 31.7 Å². The molecule has 1 saturated carbocycles. The van der Waals surface area contributed by atoms with Crippen LogP contribution in [0.4, 0.5) is 0 Å². The van der Waals surface area contributed by atoms with Crippen molar-refractivity contribution >= 4 is 5.91 Å². The number of nitrogens with zero attached hydrogens (tertiary/aromatic N) is 2. The van der Waals surface area contributed by atoms with Gasteiger partial charge in [0.25, 0.3) is 0 Å². The molecule has 3 unspecified atom stereocenters. The van der Waals surface area contributed by atoms with Gasteiger partial charge in [0, 0.05) is 32.2 Å². The Kier molecular flexibility index (Phi) is 5.22. The first kappa shape index (κ1) is 14.8. The number of piperazine rings is 1. The first-order chi connectivity index (χ1) is 9.13. The predicted molar refractivity (Wildman–Crippen MR) is 77.8 cm³/mol. The minimum absolute atomic E-state index is 0.0616. The van der Waals surface area contributed by atoms with Crippen LogP contribution >= 0.6 is 0 Å². The normalized spacial score (nSPS) is 33.4. The average molecular weight is 267 g/mol. The van der Waals surface area contributed by atoms with Crippen molar-refractivity contribution in [1.29, 1.82) is 0 Å². The van der Waals surface area contributed by atoms with Crippen LogP contribution in [0.25, 0.3) is 0 Å². The topological polar surface area (TPSA) is 49.6 Å². The summed E-state index contributed by atoms with van der Waals surface area (Å²) in [6.45, 7) is 9.37. The molecule has 2 rings (SSSR count). The number of nitrogens with two attached hydrogens (primary N) is 1. The van der Waals surface area contributed by atoms with E-state index in [9.17, 15) is 4.79 Å². The molecule has 0 bridgehead atoms. The van der Waals surface area contributed by atoms with Gasteiger partial charge in [-0.15, -0.1) is 0 Å². The van der Waals surface area contributed by atoms with Crippen molar-refractivity contribution in [2.45, 2.75) is 45.6 Å². The SMILES string of the molecule is CCCN1CCN(C(=O)C2C(C)CCCC2N)CC1. The zero-order valence-electron chi connectivity index (χ0n) is 12.5. The Morgan fingerprint density at radius 2 is 1.89 bits per heavy atom. The van der Waals surface area contributed by atoms with Crippen LogP contribution in [0, 0.1) is 11.8 Å². The van der Waals surface area contributed by atoms with Crippen LogP contribution < -0.4 is 5.73 Å². The second kappa shape index (κ2) is 6.71. The lowest BCUT2D eigenvalue weighted by Crippen LogP contribution is -2.54. The minimum Gasteiger partial charge on any atom is -0.340 e. The maximum atomic E-state index is 12.7. The third-order valence-electron chi connectivity index (χ3n) is 4.78. The van der Waals surface area contributed by atoms with Crippen LogP contribution in [0.15, 0.2) is 0 Å². The highest BCUT2D eigenvalue weighted by Crippen LogP contribution is 2.30. The molecule has 3 atom stereocenters. The van der Waals surface area contributed by atoms with Gasteiger partial charge in [-0.1, -0.05) is 20.3 Å². The largest absolute Gasteiger partial charge is 0.340 e. The molecule has 4 nitrogen and oxygen atoms in total. The minimum atomic E-state index is 0.0616. The number of rotatable bonds is 3. The molecule has 19 heavy (non-hydrogen) atoms. The maximum Gasteiger partial charge on any atom is 0.227 e. The highest BCUT2D eigenvalue weighted by Gasteiger charge is 2.37. The van der Waals surface area contributed by atoms with Crippen molar-refractivity contribution in [3.05, 3.63) is 0 Å². The van der Waals surface area contributed by atoms with E-state index in [0.717, 1.165) is 45.6 Å². The summed E-state index contributed by atoms with van der Waals surface area (Å²) in [6.07, 6.45) is 4.53. The predicted octanol–water partition coefficient (Wildman–Crippen LogP) is 1.30. The molecule has 0 spiro atoms. The summed E-state index contributed by atoms with van der Waals surface area (Å²) < 4.78 is 0. The van der Waals surface area contributed by atoms with Crippen LogP contribution in [0.2, 0.25) is 0 Å². The number of carbonyl (C=O) groups excluding carboxylic acids is 1. The van der Waals surface area contributed by atoms with Gasteiger partial charge >= 0.3 is 0 Å². The Balaban J connectivity index is 1.89. The van der Waals surface area contributed by atoms with Gasteiger partial charge in [0.05, 0.1) is 5.92 Å². The molecule has 4 heteroatoms. The monoisotopic (exact) mass is 267 g/mol. The molecule has 1 aliphatic carbocycles. The molecule has 2 aliphatic rings. The van der Waals surface area contributed by atoms with Crippen molar-refractivity contribution in [1.82, 2.24) is 9.80 Å². The van der Waals surface area contributed by atoms with Crippen molar-refractivity contribution in [3.63, 3.8) is 0 Å². The van der Waals surface area contributed by atoms with Crippen LogP contribution in [0.3, 0.4) is 0 Å². The average Bonchev–Trinajstić information content (AvgIpc) is 2.39. The third-order valence-corrected chi connectivity index (χ3v) is 4.78. The zero-order valence-corrected chi connectivity index (χ0v) is 12.5. The molecule has 1 aliphatic heterocycles. The van der Waals surface area contributed by atoms with E-state index in [1.165, 1.54) is 12.8 Å². The van der Waals surface area contributed by atoms with E-state index in [4.69, 9.17) is 5.73 Å². The molecule has 110 valence electrons. The Hall–Kier alpha value is -0.610. The van der Waals surface area contributed by atoms with E-state index >= 15 is 0 Å². The van der Waals surface area contributed by atoms with Gasteiger partial charge in [0.1, 0.15) is 0 Å². The number of amides is 1. The molecular weight excluding hydrogens is 238 g/mol. The van der Waals surface area contributed by atoms with Crippen LogP contribution in [-0.2, 0) is 4.79 Å². The lowest BCUT2D eigenvalue weighted by atomic mass is 9.76. The standard InChI is InChI=1S/C15H29N3O/c1-3-7-17-8-10-18(11-9-17)15(19)14-12(2)5-4-6-13(14)16/h12-14H,3-11,16H2,1-2H3. The number of hydrogen-bond donors (Lipinski definition) is 1. The van der Waals surface area contributed by atoms with Gasteiger partial charge in [0.2, 0.25) is 5.91 Å². The van der Waals surface area contributed by atoms with Crippen molar-refractivity contribution in [2.24, 2.45) is 17.6 Å². The number of carbonyl (C=O) groups is 1. The van der Waals surface area contributed by atoms with Crippen molar-refractivity contribution in [3.8, 4) is 0 Å². The quantitative estimate of drug-likeness (QED) is 0.838. The second-order valence-electron chi connectivity index (χ2n) is 6.26. The number of hydrogen-bond acceptors (Lipinski definition) is 3. The molecule has 0 radical (unpaired) electrons. The molecule has 2 fully saturated rings. The summed E-state index contributed by atoms with van der Waals surface area (Å²) in [5.74, 6) is 0.826. The summed E-state index contributed by atoms with van der Waals surface area (Å²) in [4.78, 5) is 17.2. The second-order valence-corrected chi connectivity index (χ2v) is 6.26. The maximum absolute atomic E-state index is 12.7. The summed E-state index contributed by atoms with van der Waals surface area (Å²) in [5, 5.41) is 0. The van der Waals surface area contributed by atoms with Gasteiger partial charge in [-0.25, -0.2) is 0 Å². The van der Waals surface area contributed by atoms with Gasteiger partial charge in [0.15, 0.2) is 0 Å². The molecule has 2 N–H and O–H groups in total. The molecule has 1 heterocycles. The summed E-state index contributed by atoms with van der Waals surface area (Å²) in [5.41, 5.74) is 6.19. The van der Waals surface area contributed by atoms with Crippen LogP contribution in [0.5, 0.6) is 0 Å². The molecule has 1 amide bonds. The Morgan fingerprint density at radius 3 is 2.47 bits per heavy atom. The zero-order chi connectivity index (χ0) is 13.8. The summed E-state index contributed by atoms with van der Waals surface area (Å²) in [7, 11) is 0. The fourth-order valence-electron chi connectivity index (χ4n) is 3.60. The van der Waals surface area contributed by atoms with Gasteiger partial charge in [-0.2, -0.15) is 0 Å². The molecule has 1 saturated heterocycles. The molecular formula is C15H29N3O. The highest BCUT2D eigenvalue weighted by atomic mass is 16.2. The van der Waals surface area contributed by atoms with E-state index in [1.54, 1.807) is 0 Å². The first-order valence-corrected chi connectivity index (χ1v) is 7.90. The van der Waals surface area contributed by atoms with Gasteiger partial charge < -0.3 is 10.6 Å². The highest BCUT2D eigenvalue weighted by molar-refractivity contribution is 5.80. The fourth-order valence-corrected chi connectivity index (χ4v) is 3.60. The van der Waals surface area contributed by atoms with Gasteiger partial charge in [-0.3, -0.25) is 9.69 Å². The lowest BCUT2D eigenvalue weighted by molar-refractivity contribution is -0.140. The third kappa shape index (κ3) is 3.48.